The number of carbonyl (C=O) groups is 1. The van der Waals surface area contributed by atoms with Crippen LogP contribution < -0.4 is 0 Å². The van der Waals surface area contributed by atoms with Crippen LogP contribution in [-0.2, 0) is 17.6 Å². The molecule has 0 aromatic heterocycles. The molecule has 1 nitrogen and oxygen atoms in total. The lowest BCUT2D eigenvalue weighted by Gasteiger charge is -2.04. The number of hydrogen-bond donors (Lipinski definition) is 0. The second-order valence-corrected chi connectivity index (χ2v) is 4.76. The molecule has 1 heteroatoms. The van der Waals surface area contributed by atoms with Crippen molar-refractivity contribution in [1.82, 2.24) is 0 Å². The monoisotopic (exact) mass is 270 g/mol. The van der Waals surface area contributed by atoms with Crippen molar-refractivity contribution in [2.45, 2.75) is 40.0 Å². The highest BCUT2D eigenvalue weighted by molar-refractivity contribution is 5.78. The second kappa shape index (κ2) is 11.0. The number of carbonyl (C=O) groups excluding carboxylic acids is 1. The summed E-state index contributed by atoms with van der Waals surface area (Å²) < 4.78 is 0. The molecule has 0 saturated carbocycles. The highest BCUT2D eigenvalue weighted by Crippen LogP contribution is 2.11. The zero-order valence-corrected chi connectivity index (χ0v) is 13.0. The van der Waals surface area contributed by atoms with Crippen LogP contribution in [0.25, 0.3) is 0 Å². The van der Waals surface area contributed by atoms with E-state index in [1.54, 1.807) is 13.0 Å². The summed E-state index contributed by atoms with van der Waals surface area (Å²) in [5.74, 6) is 0.191. The number of allylic oxidation sites excluding steroid dienone is 4. The largest absolute Gasteiger partial charge is 0.300 e. The summed E-state index contributed by atoms with van der Waals surface area (Å²) in [5, 5.41) is 0. The average Bonchev–Trinajstić information content (AvgIpc) is 2.40. The van der Waals surface area contributed by atoms with Gasteiger partial charge in [-0.15, -0.1) is 0 Å². The van der Waals surface area contributed by atoms with E-state index in [1.165, 1.54) is 12.0 Å². The van der Waals surface area contributed by atoms with E-state index in [2.05, 4.69) is 39.1 Å². The van der Waals surface area contributed by atoms with Crippen LogP contribution in [0.15, 0.2) is 61.2 Å². The Balaban J connectivity index is 0.00000110. The number of Topliss-reactive ketones (excluding diaryl/α,β-unsaturated/α-hetero) is 1. The Bertz CT molecular complexity index is 449. The Morgan fingerprint density at radius 1 is 1.05 bits per heavy atom. The van der Waals surface area contributed by atoms with E-state index in [9.17, 15) is 4.79 Å². The number of rotatable bonds is 6. The minimum atomic E-state index is 0.191. The van der Waals surface area contributed by atoms with Crippen molar-refractivity contribution in [3.05, 3.63) is 72.4 Å². The molecule has 1 aromatic rings. The summed E-state index contributed by atoms with van der Waals surface area (Å²) in [5.41, 5.74) is 3.42. The van der Waals surface area contributed by atoms with Crippen LogP contribution in [0.1, 0.15) is 38.3 Å². The van der Waals surface area contributed by atoms with E-state index >= 15 is 0 Å². The molecule has 0 saturated heterocycles. The Hall–Kier alpha value is -1.89. The van der Waals surface area contributed by atoms with Crippen LogP contribution in [0.3, 0.4) is 0 Å². The molecule has 0 unspecified atom stereocenters. The van der Waals surface area contributed by atoms with Gasteiger partial charge in [-0.1, -0.05) is 75.9 Å². The summed E-state index contributed by atoms with van der Waals surface area (Å²) in [4.78, 5) is 11.0. The molecule has 0 bridgehead atoms. The van der Waals surface area contributed by atoms with Gasteiger partial charge in [0.15, 0.2) is 0 Å². The molecule has 1 rings (SSSR count). The van der Waals surface area contributed by atoms with E-state index in [0.29, 0.717) is 6.42 Å². The Morgan fingerprint density at radius 2 is 1.50 bits per heavy atom. The molecule has 20 heavy (non-hydrogen) atoms. The molecule has 0 spiro atoms. The minimum absolute atomic E-state index is 0.191. The molecular formula is C19H26O. The van der Waals surface area contributed by atoms with Crippen molar-refractivity contribution < 1.29 is 4.79 Å². The quantitative estimate of drug-likeness (QED) is 0.659. The number of hydrogen-bond acceptors (Lipinski definition) is 1. The molecule has 0 N–H and O–H groups in total. The van der Waals surface area contributed by atoms with Gasteiger partial charge < -0.3 is 0 Å². The van der Waals surface area contributed by atoms with Crippen LogP contribution in [-0.4, -0.2) is 5.78 Å². The molecule has 0 aliphatic rings. The van der Waals surface area contributed by atoms with Crippen molar-refractivity contribution in [2.75, 3.05) is 0 Å². The fourth-order valence-electron chi connectivity index (χ4n) is 1.65. The highest BCUT2D eigenvalue weighted by atomic mass is 16.1. The van der Waals surface area contributed by atoms with E-state index in [1.807, 2.05) is 24.3 Å². The lowest BCUT2D eigenvalue weighted by Crippen LogP contribution is -1.96. The first-order chi connectivity index (χ1) is 9.57. The van der Waals surface area contributed by atoms with Crippen molar-refractivity contribution in [3.63, 3.8) is 0 Å². The van der Waals surface area contributed by atoms with Gasteiger partial charge >= 0.3 is 0 Å². The maximum absolute atomic E-state index is 11.0. The Labute approximate surface area is 123 Å². The Morgan fingerprint density at radius 3 is 1.85 bits per heavy atom. The van der Waals surface area contributed by atoms with Crippen molar-refractivity contribution >= 4 is 5.78 Å². The standard InChI is InChI=1S/C16H18O.C3H8/c1-4-6-14(5-2)12-16-9-7-15(8-10-16)11-13(3)17;1-3-2/h4-10H,1-2,11-12H2,3H3;3H2,1-2H3/b14-6+;. The van der Waals surface area contributed by atoms with Crippen molar-refractivity contribution in [1.29, 1.82) is 0 Å². The van der Waals surface area contributed by atoms with Gasteiger partial charge in [0, 0.05) is 6.42 Å². The number of benzene rings is 1. The molecule has 1 aromatic carbocycles. The van der Waals surface area contributed by atoms with Gasteiger partial charge in [0.1, 0.15) is 5.78 Å². The Kier molecular flexibility index (Phi) is 9.94. The zero-order chi connectivity index (χ0) is 15.4. The van der Waals surface area contributed by atoms with Crippen LogP contribution in [0, 0.1) is 0 Å². The van der Waals surface area contributed by atoms with Gasteiger partial charge in [-0.05, 0) is 30.0 Å². The molecule has 0 amide bonds. The lowest BCUT2D eigenvalue weighted by molar-refractivity contribution is -0.116. The maximum Gasteiger partial charge on any atom is 0.134 e. The van der Waals surface area contributed by atoms with Gasteiger partial charge in [0.25, 0.3) is 0 Å². The third-order valence-electron chi connectivity index (χ3n) is 2.48. The van der Waals surface area contributed by atoms with Gasteiger partial charge in [-0.3, -0.25) is 4.79 Å². The van der Waals surface area contributed by atoms with Gasteiger partial charge in [0.05, 0.1) is 0 Å². The molecule has 0 aliphatic heterocycles. The predicted molar refractivity (Wildman–Crippen MR) is 89.0 cm³/mol. The third kappa shape index (κ3) is 8.25. The van der Waals surface area contributed by atoms with Crippen LogP contribution in [0.4, 0.5) is 0 Å². The van der Waals surface area contributed by atoms with E-state index in [0.717, 1.165) is 17.6 Å². The van der Waals surface area contributed by atoms with E-state index in [-0.39, 0.29) is 5.78 Å². The first kappa shape index (κ1) is 18.1. The van der Waals surface area contributed by atoms with Crippen LogP contribution >= 0.6 is 0 Å². The normalized spacial score (nSPS) is 10.2. The molecule has 0 fully saturated rings. The minimum Gasteiger partial charge on any atom is -0.300 e. The predicted octanol–water partition coefficient (Wildman–Crippen LogP) is 5.08. The fraction of sp³-hybridized carbons (Fsp3) is 0.316. The third-order valence-corrected chi connectivity index (χ3v) is 2.48. The first-order valence-corrected chi connectivity index (χ1v) is 7.08. The van der Waals surface area contributed by atoms with E-state index < -0.39 is 0 Å². The molecule has 0 heterocycles. The first-order valence-electron chi connectivity index (χ1n) is 7.08. The number of ketones is 1. The molecule has 0 radical (unpaired) electrons. The molecular weight excluding hydrogens is 244 g/mol. The zero-order valence-electron chi connectivity index (χ0n) is 13.0. The summed E-state index contributed by atoms with van der Waals surface area (Å²) >= 11 is 0. The van der Waals surface area contributed by atoms with Gasteiger partial charge in [-0.25, -0.2) is 0 Å². The van der Waals surface area contributed by atoms with Gasteiger partial charge in [-0.2, -0.15) is 0 Å². The summed E-state index contributed by atoms with van der Waals surface area (Å²) in [6.07, 6.45) is 8.16. The summed E-state index contributed by atoms with van der Waals surface area (Å²) in [6, 6.07) is 8.12. The van der Waals surface area contributed by atoms with Crippen LogP contribution in [0.5, 0.6) is 0 Å². The van der Waals surface area contributed by atoms with Crippen molar-refractivity contribution in [3.8, 4) is 0 Å². The second-order valence-electron chi connectivity index (χ2n) is 4.76. The van der Waals surface area contributed by atoms with Gasteiger partial charge in [0.2, 0.25) is 0 Å². The molecule has 0 aliphatic carbocycles. The SMILES string of the molecule is C=C/C=C(\C=C)Cc1ccc(CC(C)=O)cc1.CCC. The van der Waals surface area contributed by atoms with E-state index in [4.69, 9.17) is 0 Å². The smallest absolute Gasteiger partial charge is 0.134 e. The average molecular weight is 270 g/mol. The highest BCUT2D eigenvalue weighted by Gasteiger charge is 1.99. The molecule has 0 atom stereocenters. The summed E-state index contributed by atoms with van der Waals surface area (Å²) in [6.45, 7) is 13.3. The van der Waals surface area contributed by atoms with Crippen molar-refractivity contribution in [2.24, 2.45) is 0 Å². The fourth-order valence-corrected chi connectivity index (χ4v) is 1.65. The topological polar surface area (TPSA) is 17.1 Å². The van der Waals surface area contributed by atoms with Crippen LogP contribution in [0.2, 0.25) is 0 Å². The summed E-state index contributed by atoms with van der Waals surface area (Å²) in [7, 11) is 0. The maximum atomic E-state index is 11.0. The lowest BCUT2D eigenvalue weighted by atomic mass is 10.0. The molecule has 108 valence electrons.